The minimum atomic E-state index is -7.18. The second-order valence-corrected chi connectivity index (χ2v) is 5.81. The third-order valence-corrected chi connectivity index (χ3v) is 3.60. The highest BCUT2D eigenvalue weighted by molar-refractivity contribution is 5.54. The van der Waals surface area contributed by atoms with Crippen molar-refractivity contribution in [3.63, 3.8) is 0 Å². The van der Waals surface area contributed by atoms with Gasteiger partial charge in [0, 0.05) is 24.8 Å². The number of ether oxygens (including phenoxy) is 1. The monoisotopic (exact) mass is 436 g/mol. The maximum atomic E-state index is 13.7. The van der Waals surface area contributed by atoms with E-state index >= 15 is 0 Å². The van der Waals surface area contributed by atoms with Crippen molar-refractivity contribution in [1.29, 1.82) is 0 Å². The summed E-state index contributed by atoms with van der Waals surface area (Å²) in [7, 11) is 0. The summed E-state index contributed by atoms with van der Waals surface area (Å²) in [4.78, 5) is 6.94. The number of alkyl halides is 10. The molecule has 1 aromatic carbocycles. The first-order valence-electron chi connectivity index (χ1n) is 7.51. The van der Waals surface area contributed by atoms with E-state index in [1.165, 1.54) is 24.3 Å². The molecule has 0 atom stereocenters. The number of aromatic nitrogens is 2. The molecule has 0 aliphatic rings. The van der Waals surface area contributed by atoms with Gasteiger partial charge < -0.3 is 4.74 Å². The van der Waals surface area contributed by atoms with Crippen LogP contribution in [0, 0.1) is 0 Å². The van der Waals surface area contributed by atoms with Gasteiger partial charge in [0.25, 0.3) is 0 Å². The average Bonchev–Trinajstić information content (AvgIpc) is 2.61. The molecule has 0 spiro atoms. The molecule has 1 heterocycles. The molecule has 0 radical (unpaired) electrons. The first-order chi connectivity index (χ1) is 13.0. The Morgan fingerprint density at radius 2 is 1.28 bits per heavy atom. The van der Waals surface area contributed by atoms with Crippen LogP contribution in [0.3, 0.4) is 0 Å². The Kier molecular flexibility index (Phi) is 5.49. The Bertz CT molecular complexity index is 852. The van der Waals surface area contributed by atoms with Gasteiger partial charge in [-0.05, 0) is 0 Å². The summed E-state index contributed by atoms with van der Waals surface area (Å²) in [5.41, 5.74) is 0.190. The fourth-order valence-corrected chi connectivity index (χ4v) is 1.98. The molecule has 0 saturated carbocycles. The van der Waals surface area contributed by atoms with Crippen molar-refractivity contribution in [3.8, 4) is 17.3 Å². The zero-order valence-electron chi connectivity index (χ0n) is 14.1. The quantitative estimate of drug-likeness (QED) is 0.525. The molecule has 0 unspecified atom stereocenters. The summed E-state index contributed by atoms with van der Waals surface area (Å²) in [5.74, 6) is -28.5. The molecule has 29 heavy (non-hydrogen) atoms. The normalized spacial score (nSPS) is 14.0. The minimum absolute atomic E-state index is 0.190. The lowest BCUT2D eigenvalue weighted by molar-refractivity contribution is -0.429. The van der Waals surface area contributed by atoms with Crippen molar-refractivity contribution in [3.05, 3.63) is 42.6 Å². The van der Waals surface area contributed by atoms with Gasteiger partial charge in [0.2, 0.25) is 5.88 Å². The fraction of sp³-hybridized carbons (Fsp3) is 0.375. The third kappa shape index (κ3) is 3.81. The van der Waals surface area contributed by atoms with Gasteiger partial charge in [-0.3, -0.25) is 0 Å². The molecule has 0 N–H and O–H groups in total. The summed E-state index contributed by atoms with van der Waals surface area (Å²) >= 11 is 0. The molecule has 1 aromatic heterocycles. The van der Waals surface area contributed by atoms with Crippen LogP contribution in [0.1, 0.15) is 6.92 Å². The van der Waals surface area contributed by atoms with E-state index in [2.05, 4.69) is 14.7 Å². The van der Waals surface area contributed by atoms with Crippen molar-refractivity contribution in [2.24, 2.45) is 0 Å². The Labute approximate surface area is 156 Å². The molecule has 2 aromatic rings. The maximum Gasteiger partial charge on any atom is 0.472 e. The predicted molar refractivity (Wildman–Crippen MR) is 78.5 cm³/mol. The second-order valence-electron chi connectivity index (χ2n) is 5.81. The van der Waals surface area contributed by atoms with E-state index in [9.17, 15) is 43.9 Å². The van der Waals surface area contributed by atoms with Crippen LogP contribution in [0.15, 0.2) is 42.6 Å². The van der Waals surface area contributed by atoms with Crippen LogP contribution < -0.4 is 4.74 Å². The van der Waals surface area contributed by atoms with E-state index in [1.54, 1.807) is 6.07 Å². The van der Waals surface area contributed by atoms with Crippen LogP contribution in [-0.2, 0) is 0 Å². The lowest BCUT2D eigenvalue weighted by Gasteiger charge is -2.37. The summed E-state index contributed by atoms with van der Waals surface area (Å²) < 4.78 is 137. The van der Waals surface area contributed by atoms with Gasteiger partial charge in [-0.1, -0.05) is 30.3 Å². The van der Waals surface area contributed by atoms with Crippen LogP contribution >= 0.6 is 0 Å². The van der Waals surface area contributed by atoms with Crippen LogP contribution in [-0.4, -0.2) is 39.8 Å². The van der Waals surface area contributed by atoms with Gasteiger partial charge in [-0.25, -0.2) is 4.98 Å². The van der Waals surface area contributed by atoms with Gasteiger partial charge in [-0.15, -0.1) is 0 Å². The lowest BCUT2D eigenvalue weighted by atomic mass is 9.99. The SMILES string of the molecule is CC(F)(F)C(F)(F)C(F)(F)C(F)(F)C(F)(F)Oc1ccnc(-c2ccccc2)n1. The zero-order chi connectivity index (χ0) is 22.3. The van der Waals surface area contributed by atoms with Gasteiger partial charge in [-0.2, -0.15) is 48.9 Å². The highest BCUT2D eigenvalue weighted by atomic mass is 19.4. The van der Waals surface area contributed by atoms with Crippen molar-refractivity contribution in [2.45, 2.75) is 36.7 Å². The minimum Gasteiger partial charge on any atom is -0.410 e. The average molecular weight is 436 g/mol. The second kappa shape index (κ2) is 7.02. The number of hydrogen-bond donors (Lipinski definition) is 0. The number of nitrogens with zero attached hydrogens (tertiary/aromatic N) is 2. The molecule has 0 aliphatic heterocycles. The van der Waals surface area contributed by atoms with Crippen molar-refractivity contribution < 1.29 is 48.6 Å². The fourth-order valence-electron chi connectivity index (χ4n) is 1.98. The van der Waals surface area contributed by atoms with Gasteiger partial charge in [0.1, 0.15) is 0 Å². The van der Waals surface area contributed by atoms with E-state index in [1.807, 2.05) is 0 Å². The first-order valence-corrected chi connectivity index (χ1v) is 7.51. The molecule has 0 amide bonds. The van der Waals surface area contributed by atoms with E-state index in [0.717, 1.165) is 6.20 Å². The number of rotatable bonds is 7. The van der Waals surface area contributed by atoms with E-state index in [-0.39, 0.29) is 11.4 Å². The Hall–Kier alpha value is -2.60. The summed E-state index contributed by atoms with van der Waals surface area (Å²) in [6.45, 7) is -0.813. The molecule has 0 saturated heterocycles. The van der Waals surface area contributed by atoms with Crippen molar-refractivity contribution in [1.82, 2.24) is 9.97 Å². The molecule has 0 fully saturated rings. The zero-order valence-corrected chi connectivity index (χ0v) is 14.1. The topological polar surface area (TPSA) is 35.0 Å². The molecular formula is C16H10F10N2O. The first kappa shape index (κ1) is 22.7. The molecule has 3 nitrogen and oxygen atoms in total. The Balaban J connectivity index is 2.40. The predicted octanol–water partition coefficient (Wildman–Crippen LogP) is 5.68. The Morgan fingerprint density at radius 1 is 0.724 bits per heavy atom. The molecule has 160 valence electrons. The van der Waals surface area contributed by atoms with E-state index in [0.29, 0.717) is 6.07 Å². The van der Waals surface area contributed by atoms with Crippen molar-refractivity contribution >= 4 is 0 Å². The standard InChI is InChI=1S/C16H10F10N2O/c1-12(17,18)13(19,20)14(21,22)15(23,24)16(25,26)29-10-7-8-27-11(28-10)9-5-3-2-4-6-9/h2-8H,1H3. The highest BCUT2D eigenvalue weighted by Crippen LogP contribution is 2.56. The number of hydrogen-bond acceptors (Lipinski definition) is 3. The molecule has 13 heteroatoms. The molecule has 2 rings (SSSR count). The Morgan fingerprint density at radius 3 is 1.79 bits per heavy atom. The van der Waals surface area contributed by atoms with Crippen molar-refractivity contribution in [2.75, 3.05) is 0 Å². The van der Waals surface area contributed by atoms with Crippen LogP contribution in [0.2, 0.25) is 0 Å². The van der Waals surface area contributed by atoms with E-state index < -0.39 is 42.6 Å². The van der Waals surface area contributed by atoms with Crippen LogP contribution in [0.4, 0.5) is 43.9 Å². The van der Waals surface area contributed by atoms with Gasteiger partial charge >= 0.3 is 29.8 Å². The summed E-state index contributed by atoms with van der Waals surface area (Å²) in [6, 6.07) is 7.73. The molecule has 0 bridgehead atoms. The van der Waals surface area contributed by atoms with Crippen LogP contribution in [0.5, 0.6) is 5.88 Å². The molecule has 0 aliphatic carbocycles. The summed E-state index contributed by atoms with van der Waals surface area (Å²) in [6.07, 6.45) is -5.60. The lowest BCUT2D eigenvalue weighted by Crippen LogP contribution is -2.67. The number of halogens is 10. The summed E-state index contributed by atoms with van der Waals surface area (Å²) in [5, 5.41) is 0. The van der Waals surface area contributed by atoms with E-state index in [4.69, 9.17) is 0 Å². The largest absolute Gasteiger partial charge is 0.472 e. The number of benzene rings is 1. The maximum absolute atomic E-state index is 13.7. The highest BCUT2D eigenvalue weighted by Gasteiger charge is 2.86. The van der Waals surface area contributed by atoms with Crippen LogP contribution in [0.25, 0.3) is 11.4 Å². The third-order valence-electron chi connectivity index (χ3n) is 3.60. The smallest absolute Gasteiger partial charge is 0.410 e. The van der Waals surface area contributed by atoms with Gasteiger partial charge in [0.05, 0.1) is 0 Å². The molecular weight excluding hydrogens is 426 g/mol. The van der Waals surface area contributed by atoms with Gasteiger partial charge in [0.15, 0.2) is 5.82 Å².